The quantitative estimate of drug-likeness (QED) is 0.135. The van der Waals surface area contributed by atoms with Crippen molar-refractivity contribution in [2.24, 2.45) is 5.92 Å². The smallest absolute Gasteiger partial charge is 0.0713 e. The number of para-hydroxylation sites is 2. The maximum atomic E-state index is 2.46. The predicted molar refractivity (Wildman–Crippen MR) is 378 cm³/mol. The van der Waals surface area contributed by atoms with Crippen molar-refractivity contribution >= 4 is 108 Å². The van der Waals surface area contributed by atoms with E-state index < -0.39 is 5.41 Å². The van der Waals surface area contributed by atoms with E-state index in [4.69, 9.17) is 0 Å². The summed E-state index contributed by atoms with van der Waals surface area (Å²) < 4.78 is 5.15. The molecule has 0 spiro atoms. The molecule has 0 radical (unpaired) electrons. The molecule has 0 saturated carbocycles. The van der Waals surface area contributed by atoms with Gasteiger partial charge >= 0.3 is 0 Å². The second kappa shape index (κ2) is 20.1. The van der Waals surface area contributed by atoms with E-state index in [0.717, 1.165) is 34.1 Å². The van der Waals surface area contributed by atoms with Gasteiger partial charge in [-0.15, -0.1) is 22.7 Å². The van der Waals surface area contributed by atoms with Gasteiger partial charge in [-0.25, -0.2) is 0 Å². The first-order chi connectivity index (χ1) is 44.0. The van der Waals surface area contributed by atoms with Crippen molar-refractivity contribution < 1.29 is 0 Å². The molecule has 0 N–H and O–H groups in total. The van der Waals surface area contributed by atoms with E-state index in [-0.39, 0.29) is 16.7 Å². The van der Waals surface area contributed by atoms with Crippen molar-refractivity contribution in [1.29, 1.82) is 0 Å². The summed E-state index contributed by atoms with van der Waals surface area (Å²) in [6.45, 7) is 2.43. The molecule has 2 aromatic heterocycles. The Morgan fingerprint density at radius 3 is 1.21 bits per heavy atom. The number of hydrogen-bond acceptors (Lipinski definition) is 4. The van der Waals surface area contributed by atoms with Crippen LogP contribution < -0.4 is 9.80 Å². The van der Waals surface area contributed by atoms with Gasteiger partial charge in [-0.1, -0.05) is 225 Å². The first-order valence-corrected chi connectivity index (χ1v) is 32.5. The second-order valence-corrected chi connectivity index (χ2v) is 26.6. The van der Waals surface area contributed by atoms with Crippen LogP contribution in [0.4, 0.5) is 34.1 Å². The molecule has 2 heterocycles. The van der Waals surface area contributed by atoms with Crippen LogP contribution in [0.15, 0.2) is 328 Å². The van der Waals surface area contributed by atoms with Gasteiger partial charge < -0.3 is 9.80 Å². The predicted octanol–water partition coefficient (Wildman–Crippen LogP) is 23.2. The Morgan fingerprint density at radius 1 is 0.303 bits per heavy atom. The lowest BCUT2D eigenvalue weighted by Crippen LogP contribution is -2.40. The van der Waals surface area contributed by atoms with Crippen LogP contribution in [-0.2, 0) is 16.2 Å². The molecule has 0 amide bonds. The lowest BCUT2D eigenvalue weighted by molar-refractivity contribution is 0.366. The van der Waals surface area contributed by atoms with Crippen LogP contribution in [0.25, 0.3) is 62.2 Å². The lowest BCUT2D eigenvalue weighted by Gasteiger charge is -2.42. The van der Waals surface area contributed by atoms with Crippen LogP contribution in [-0.4, -0.2) is 0 Å². The zero-order valence-electron chi connectivity index (χ0n) is 49.0. The highest BCUT2D eigenvalue weighted by atomic mass is 32.1. The number of anilines is 6. The van der Waals surface area contributed by atoms with Crippen molar-refractivity contribution in [1.82, 2.24) is 0 Å². The number of rotatable bonds is 10. The normalized spacial score (nSPS) is 17.7. The molecular weight excluding hydrogens is 1110 g/mol. The summed E-state index contributed by atoms with van der Waals surface area (Å²) in [5.74, 6) is 0.197. The van der Waals surface area contributed by atoms with Crippen molar-refractivity contribution in [3.05, 3.63) is 372 Å². The third kappa shape index (κ3) is 7.67. The average molecular weight is 1170 g/mol. The topological polar surface area (TPSA) is 6.48 Å². The number of benzene rings is 13. The molecule has 18 rings (SSSR count). The molecule has 0 bridgehead atoms. The Bertz CT molecular complexity index is 5290. The third-order valence-electron chi connectivity index (χ3n) is 20.0. The highest BCUT2D eigenvalue weighted by Crippen LogP contribution is 2.63. The van der Waals surface area contributed by atoms with Crippen molar-refractivity contribution in [3.63, 3.8) is 0 Å². The lowest BCUT2D eigenvalue weighted by atomic mass is 9.60. The molecule has 89 heavy (non-hydrogen) atoms. The SMILES string of the molecule is CC12C=CC=CC1C(c1ccccc1)(c1ccc(N(c3ccccc3)c3ccc4sc5cc6cc7sc8ccc(N(c9ccccc9)c9ccc(C%10(c%11ccccc%11)c%11ccccc%11-c%11ccccc%11%10)cc9)cc8c7cc6cc5c4c3)cc1)c1ccccc12. The number of hydrogen-bond donors (Lipinski definition) is 0. The fraction of sp³-hybridized carbons (Fsp3) is 0.0588. The van der Waals surface area contributed by atoms with Crippen molar-refractivity contribution in [2.75, 3.05) is 9.80 Å². The van der Waals surface area contributed by atoms with Gasteiger partial charge in [0.25, 0.3) is 0 Å². The minimum Gasteiger partial charge on any atom is -0.310 e. The molecule has 15 aromatic rings. The van der Waals surface area contributed by atoms with Crippen LogP contribution in [0, 0.1) is 5.92 Å². The van der Waals surface area contributed by atoms with E-state index in [1.54, 1.807) is 0 Å². The van der Waals surface area contributed by atoms with Gasteiger partial charge in [0.1, 0.15) is 0 Å². The van der Waals surface area contributed by atoms with Crippen molar-refractivity contribution in [2.45, 2.75) is 23.2 Å². The minimum atomic E-state index is -0.466. The van der Waals surface area contributed by atoms with Gasteiger partial charge in [0, 0.05) is 85.8 Å². The largest absolute Gasteiger partial charge is 0.310 e. The highest BCUT2D eigenvalue weighted by molar-refractivity contribution is 7.26. The van der Waals surface area contributed by atoms with Gasteiger partial charge in [-0.05, 0) is 176 Å². The molecule has 13 aromatic carbocycles. The van der Waals surface area contributed by atoms with E-state index in [9.17, 15) is 0 Å². The molecule has 0 aliphatic heterocycles. The monoisotopic (exact) mass is 1170 g/mol. The fourth-order valence-electron chi connectivity index (χ4n) is 16.1. The number of allylic oxidation sites excluding steroid dienone is 4. The van der Waals surface area contributed by atoms with Gasteiger partial charge in [0.15, 0.2) is 0 Å². The van der Waals surface area contributed by atoms with Crippen LogP contribution in [0.3, 0.4) is 0 Å². The average Bonchev–Trinajstić information content (AvgIpc) is 1.83. The maximum absolute atomic E-state index is 2.46. The molecule has 0 fully saturated rings. The molecular formula is C85H58N2S2. The molecule has 420 valence electrons. The first-order valence-electron chi connectivity index (χ1n) is 30.9. The second-order valence-electron chi connectivity index (χ2n) is 24.5. The highest BCUT2D eigenvalue weighted by Gasteiger charge is 2.58. The van der Waals surface area contributed by atoms with Gasteiger partial charge in [0.05, 0.1) is 10.8 Å². The molecule has 3 unspecified atom stereocenters. The van der Waals surface area contributed by atoms with Crippen LogP contribution in [0.1, 0.15) is 51.4 Å². The summed E-state index contributed by atoms with van der Waals surface area (Å²) in [6.07, 6.45) is 9.38. The van der Waals surface area contributed by atoms with Crippen LogP contribution in [0.2, 0.25) is 0 Å². The van der Waals surface area contributed by atoms with E-state index in [1.165, 1.54) is 107 Å². The maximum Gasteiger partial charge on any atom is 0.0713 e. The van der Waals surface area contributed by atoms with E-state index in [0.29, 0.717) is 0 Å². The molecule has 3 aliphatic carbocycles. The van der Waals surface area contributed by atoms with Gasteiger partial charge in [-0.3, -0.25) is 0 Å². The summed E-state index contributed by atoms with van der Waals surface area (Å²) >= 11 is 3.77. The molecule has 2 nitrogen and oxygen atoms in total. The summed E-state index contributed by atoms with van der Waals surface area (Å²) in [5, 5.41) is 7.59. The number of fused-ring (bicyclic) bond motifs is 13. The fourth-order valence-corrected chi connectivity index (χ4v) is 18.4. The first kappa shape index (κ1) is 51.8. The Balaban J connectivity index is 0.732. The zero-order valence-corrected chi connectivity index (χ0v) is 50.6. The Labute approximate surface area is 526 Å². The van der Waals surface area contributed by atoms with Crippen LogP contribution >= 0.6 is 22.7 Å². The standard InChI is InChI=1S/C85H58N2S2/c1-83-49-21-20-36-82(83)85(59-24-8-3-9-25-59,77-35-19-18-34-76(77)83)61-39-43-65(44-40-61)87(63-28-12-5-13-29-63)67-46-48-79-73(55-67)71-51-56-50-70-72-54-66(45-47-78(72)88-80(70)52-57(56)53-81(71)89-79)86(62-26-10-4-11-27-62)64-41-37-60(38-42-64)84(58-22-6-2-7-23-58)74-32-16-14-30-68(74)69-31-15-17-33-75(69)84/h2-55,82H,1H3. The third-order valence-corrected chi connectivity index (χ3v) is 22.2. The summed E-state index contributed by atoms with van der Waals surface area (Å²) in [5.41, 5.74) is 18.8. The van der Waals surface area contributed by atoms with E-state index in [2.05, 4.69) is 344 Å². The van der Waals surface area contributed by atoms with Gasteiger partial charge in [0.2, 0.25) is 0 Å². The summed E-state index contributed by atoms with van der Waals surface area (Å²) in [6, 6.07) is 114. The molecule has 3 aliphatic rings. The van der Waals surface area contributed by atoms with E-state index >= 15 is 0 Å². The zero-order chi connectivity index (χ0) is 58.8. The Hall–Kier alpha value is -10.4. The minimum absolute atomic E-state index is 0.154. The summed E-state index contributed by atoms with van der Waals surface area (Å²) in [7, 11) is 0. The van der Waals surface area contributed by atoms with E-state index in [1.807, 2.05) is 22.7 Å². The Morgan fingerprint density at radius 2 is 0.685 bits per heavy atom. The number of nitrogens with zero attached hydrogens (tertiary/aromatic N) is 2. The van der Waals surface area contributed by atoms with Gasteiger partial charge in [-0.2, -0.15) is 0 Å². The Kier molecular flexibility index (Phi) is 11.7. The molecule has 0 saturated heterocycles. The number of thiophene rings is 2. The summed E-state index contributed by atoms with van der Waals surface area (Å²) in [4.78, 5) is 4.85. The molecule has 4 heteroatoms. The van der Waals surface area contributed by atoms with Crippen LogP contribution in [0.5, 0.6) is 0 Å². The van der Waals surface area contributed by atoms with Crippen molar-refractivity contribution in [3.8, 4) is 11.1 Å². The molecule has 3 atom stereocenters.